The van der Waals surface area contributed by atoms with Crippen molar-refractivity contribution in [1.82, 2.24) is 9.97 Å². The van der Waals surface area contributed by atoms with Gasteiger partial charge in [-0.15, -0.1) is 0 Å². The predicted molar refractivity (Wildman–Crippen MR) is 89.7 cm³/mol. The van der Waals surface area contributed by atoms with Crippen molar-refractivity contribution in [2.24, 2.45) is 0 Å². The van der Waals surface area contributed by atoms with Gasteiger partial charge in [0.2, 0.25) is 6.41 Å². The van der Waals surface area contributed by atoms with Crippen LogP contribution in [0.2, 0.25) is 0 Å². The van der Waals surface area contributed by atoms with Crippen LogP contribution in [-0.2, 0) is 4.79 Å². The van der Waals surface area contributed by atoms with E-state index in [0.29, 0.717) is 12.2 Å². The highest BCUT2D eigenvalue weighted by Gasteiger charge is 2.12. The van der Waals surface area contributed by atoms with Crippen molar-refractivity contribution in [2.75, 3.05) is 10.6 Å². The van der Waals surface area contributed by atoms with Crippen molar-refractivity contribution >= 4 is 23.6 Å². The molecule has 1 amide bonds. The van der Waals surface area contributed by atoms with E-state index in [1.807, 2.05) is 60.7 Å². The number of anilines is 3. The molecule has 1 aromatic heterocycles. The molecule has 3 rings (SSSR count). The number of aromatic nitrogens is 2. The van der Waals surface area contributed by atoms with Crippen LogP contribution in [0.3, 0.4) is 0 Å². The van der Waals surface area contributed by atoms with Crippen molar-refractivity contribution in [3.63, 3.8) is 0 Å². The van der Waals surface area contributed by atoms with Crippen LogP contribution in [0, 0.1) is 0 Å². The van der Waals surface area contributed by atoms with E-state index in [1.54, 1.807) is 0 Å². The van der Waals surface area contributed by atoms with Crippen molar-refractivity contribution in [2.45, 2.75) is 0 Å². The van der Waals surface area contributed by atoms with Crippen LogP contribution in [0.4, 0.5) is 17.2 Å². The smallest absolute Gasteiger partial charge is 0.277 e. The molecule has 6 heteroatoms. The number of nitrogens with zero attached hydrogens (tertiary/aromatic N) is 1. The Kier molecular flexibility index (Phi) is 4.15. The van der Waals surface area contributed by atoms with Gasteiger partial charge in [0.05, 0.1) is 0 Å². The van der Waals surface area contributed by atoms with Crippen LogP contribution < -0.4 is 16.2 Å². The summed E-state index contributed by atoms with van der Waals surface area (Å²) in [7, 11) is 0. The average Bonchev–Trinajstić information content (AvgIpc) is 2.59. The summed E-state index contributed by atoms with van der Waals surface area (Å²) in [6.07, 6.45) is 0.449. The number of carbonyl (C=O) groups excluding carboxylic acids is 1. The Balaban J connectivity index is 2.09. The van der Waals surface area contributed by atoms with Gasteiger partial charge in [-0.2, -0.15) is 0 Å². The Labute approximate surface area is 132 Å². The molecule has 0 spiro atoms. The maximum absolute atomic E-state index is 12.3. The third-order valence-corrected chi connectivity index (χ3v) is 3.21. The van der Waals surface area contributed by atoms with Gasteiger partial charge < -0.3 is 15.6 Å². The number of hydrogen-bond donors (Lipinski definition) is 3. The number of hydrogen-bond acceptors (Lipinski definition) is 4. The summed E-state index contributed by atoms with van der Waals surface area (Å²) in [6.45, 7) is 0. The molecule has 0 fully saturated rings. The summed E-state index contributed by atoms with van der Waals surface area (Å²) >= 11 is 0. The molecular formula is C17H14N4O2. The summed E-state index contributed by atoms with van der Waals surface area (Å²) < 4.78 is 0. The molecule has 23 heavy (non-hydrogen) atoms. The maximum atomic E-state index is 12.3. The molecule has 0 aliphatic carbocycles. The van der Waals surface area contributed by atoms with Crippen LogP contribution in [0.15, 0.2) is 65.5 Å². The first kappa shape index (κ1) is 14.5. The summed E-state index contributed by atoms with van der Waals surface area (Å²) in [5.74, 6) is 0.705. The molecule has 6 nitrogen and oxygen atoms in total. The SMILES string of the molecule is O=CNc1c(Nc2ccccc2)nc(-c2ccccc2)[nH]c1=O. The lowest BCUT2D eigenvalue weighted by Gasteiger charge is -2.11. The minimum atomic E-state index is -0.426. The van der Waals surface area contributed by atoms with Gasteiger partial charge in [-0.3, -0.25) is 9.59 Å². The maximum Gasteiger partial charge on any atom is 0.277 e. The number of H-pyrrole nitrogens is 1. The molecule has 3 N–H and O–H groups in total. The minimum Gasteiger partial charge on any atom is -0.338 e. The molecular weight excluding hydrogens is 292 g/mol. The van der Waals surface area contributed by atoms with Gasteiger partial charge >= 0.3 is 0 Å². The highest BCUT2D eigenvalue weighted by molar-refractivity contribution is 5.81. The van der Waals surface area contributed by atoms with E-state index in [4.69, 9.17) is 0 Å². The molecule has 0 saturated carbocycles. The van der Waals surface area contributed by atoms with Gasteiger partial charge in [0.25, 0.3) is 5.56 Å². The largest absolute Gasteiger partial charge is 0.338 e. The number of carbonyl (C=O) groups is 1. The third-order valence-electron chi connectivity index (χ3n) is 3.21. The van der Waals surface area contributed by atoms with E-state index in [-0.39, 0.29) is 11.5 Å². The minimum absolute atomic E-state index is 0.0727. The summed E-state index contributed by atoms with van der Waals surface area (Å²) in [5.41, 5.74) is 1.19. The summed E-state index contributed by atoms with van der Waals surface area (Å²) in [6, 6.07) is 18.6. The normalized spacial score (nSPS) is 10.1. The topological polar surface area (TPSA) is 86.9 Å². The Morgan fingerprint density at radius 2 is 1.61 bits per heavy atom. The quantitative estimate of drug-likeness (QED) is 0.633. The zero-order valence-corrected chi connectivity index (χ0v) is 12.1. The lowest BCUT2D eigenvalue weighted by molar-refractivity contribution is -0.105. The molecule has 0 aliphatic heterocycles. The van der Waals surface area contributed by atoms with E-state index in [9.17, 15) is 9.59 Å². The molecule has 0 bridgehead atoms. The molecule has 2 aromatic carbocycles. The van der Waals surface area contributed by atoms with Crippen LogP contribution in [0.25, 0.3) is 11.4 Å². The Hall–Kier alpha value is -3.41. The molecule has 114 valence electrons. The number of aromatic amines is 1. The van der Waals surface area contributed by atoms with Crippen molar-refractivity contribution in [1.29, 1.82) is 0 Å². The fourth-order valence-corrected chi connectivity index (χ4v) is 2.15. The zero-order chi connectivity index (χ0) is 16.1. The van der Waals surface area contributed by atoms with Gasteiger partial charge in [0.15, 0.2) is 11.5 Å². The van der Waals surface area contributed by atoms with Gasteiger partial charge in [-0.1, -0.05) is 48.5 Å². The van der Waals surface area contributed by atoms with Gasteiger partial charge in [0.1, 0.15) is 5.82 Å². The Bertz CT molecular complexity index is 861. The third kappa shape index (κ3) is 3.26. The van der Waals surface area contributed by atoms with E-state index in [2.05, 4.69) is 20.6 Å². The molecule has 0 aliphatic rings. The number of amides is 1. The van der Waals surface area contributed by atoms with E-state index in [1.165, 1.54) is 0 Å². The fourth-order valence-electron chi connectivity index (χ4n) is 2.15. The number of rotatable bonds is 5. The monoisotopic (exact) mass is 306 g/mol. The second-order valence-corrected chi connectivity index (χ2v) is 4.76. The van der Waals surface area contributed by atoms with E-state index >= 15 is 0 Å². The van der Waals surface area contributed by atoms with Gasteiger partial charge in [-0.25, -0.2) is 4.98 Å². The molecule has 0 saturated heterocycles. The first-order valence-corrected chi connectivity index (χ1v) is 7.00. The van der Waals surface area contributed by atoms with E-state index in [0.717, 1.165) is 11.3 Å². The summed E-state index contributed by atoms with van der Waals surface area (Å²) in [5, 5.41) is 5.45. The highest BCUT2D eigenvalue weighted by Crippen LogP contribution is 2.22. The number of nitrogens with one attached hydrogen (secondary N) is 3. The standard InChI is InChI=1S/C17H14N4O2/c22-11-18-14-16(19-13-9-5-2-6-10-13)20-15(21-17(14)23)12-7-3-1-4-8-12/h1-11H,(H,18,22)(H2,19,20,21,23). The first-order chi connectivity index (χ1) is 11.3. The Morgan fingerprint density at radius 1 is 0.957 bits per heavy atom. The number of benzene rings is 2. The Morgan fingerprint density at radius 3 is 2.26 bits per heavy atom. The highest BCUT2D eigenvalue weighted by atomic mass is 16.1. The predicted octanol–water partition coefficient (Wildman–Crippen LogP) is 2.75. The molecule has 3 aromatic rings. The first-order valence-electron chi connectivity index (χ1n) is 7.00. The number of para-hydroxylation sites is 1. The van der Waals surface area contributed by atoms with Gasteiger partial charge in [0, 0.05) is 11.3 Å². The summed E-state index contributed by atoms with van der Waals surface area (Å²) in [4.78, 5) is 30.1. The fraction of sp³-hybridized carbons (Fsp3) is 0. The average molecular weight is 306 g/mol. The van der Waals surface area contributed by atoms with E-state index < -0.39 is 5.56 Å². The lowest BCUT2D eigenvalue weighted by atomic mass is 10.2. The van der Waals surface area contributed by atoms with Crippen molar-refractivity contribution in [3.8, 4) is 11.4 Å². The van der Waals surface area contributed by atoms with Crippen LogP contribution >= 0.6 is 0 Å². The van der Waals surface area contributed by atoms with Crippen molar-refractivity contribution < 1.29 is 4.79 Å². The second kappa shape index (κ2) is 6.57. The lowest BCUT2D eigenvalue weighted by Crippen LogP contribution is -2.18. The van der Waals surface area contributed by atoms with Crippen LogP contribution in [-0.4, -0.2) is 16.4 Å². The zero-order valence-electron chi connectivity index (χ0n) is 12.1. The molecule has 0 unspecified atom stereocenters. The van der Waals surface area contributed by atoms with Crippen LogP contribution in [0.1, 0.15) is 0 Å². The van der Waals surface area contributed by atoms with Gasteiger partial charge in [-0.05, 0) is 12.1 Å². The van der Waals surface area contributed by atoms with Crippen LogP contribution in [0.5, 0.6) is 0 Å². The van der Waals surface area contributed by atoms with Crippen molar-refractivity contribution in [3.05, 3.63) is 71.0 Å². The molecule has 0 atom stereocenters. The molecule has 1 heterocycles. The molecule has 0 radical (unpaired) electrons. The second-order valence-electron chi connectivity index (χ2n) is 4.76.